The van der Waals surface area contributed by atoms with Gasteiger partial charge in [-0.1, -0.05) is 76.3 Å². The predicted octanol–water partition coefficient (Wildman–Crippen LogP) is 2.99. The van der Waals surface area contributed by atoms with Crippen LogP contribution in [0.1, 0.15) is 77.2 Å². The molecule has 9 heteroatoms. The predicted molar refractivity (Wildman–Crippen MR) is 174 cm³/mol. The van der Waals surface area contributed by atoms with Crippen LogP contribution >= 0.6 is 0 Å². The van der Waals surface area contributed by atoms with Gasteiger partial charge in [-0.15, -0.1) is 12.3 Å². The lowest BCUT2D eigenvalue weighted by Crippen LogP contribution is -2.56. The van der Waals surface area contributed by atoms with E-state index in [-0.39, 0.29) is 24.7 Å². The van der Waals surface area contributed by atoms with Crippen LogP contribution in [0.2, 0.25) is 0 Å². The van der Waals surface area contributed by atoms with Crippen molar-refractivity contribution in [1.29, 1.82) is 0 Å². The van der Waals surface area contributed by atoms with E-state index in [0.29, 0.717) is 38.3 Å². The van der Waals surface area contributed by atoms with Crippen LogP contribution in [0.15, 0.2) is 30.3 Å². The fourth-order valence-corrected chi connectivity index (χ4v) is 5.85. The first kappa shape index (κ1) is 37.3. The lowest BCUT2D eigenvalue weighted by Gasteiger charge is -2.33. The number of benzene rings is 1. The zero-order valence-electron chi connectivity index (χ0n) is 27.5. The third kappa shape index (κ3) is 13.4. The number of rotatable bonds is 18. The second kappa shape index (κ2) is 19.5. The van der Waals surface area contributed by atoms with Gasteiger partial charge in [0.2, 0.25) is 17.7 Å². The van der Waals surface area contributed by atoms with E-state index in [1.165, 1.54) is 6.42 Å². The topological polar surface area (TPSA) is 122 Å². The molecule has 0 radical (unpaired) electrons. The highest BCUT2D eigenvalue weighted by Gasteiger charge is 2.34. The smallest absolute Gasteiger partial charge is 0.243 e. The van der Waals surface area contributed by atoms with E-state index in [4.69, 9.17) is 6.42 Å². The van der Waals surface area contributed by atoms with Crippen LogP contribution < -0.4 is 10.6 Å². The maximum Gasteiger partial charge on any atom is 0.243 e. The number of terminal acetylenes is 1. The fraction of sp³-hybridized carbons (Fsp3) is 0.686. The summed E-state index contributed by atoms with van der Waals surface area (Å²) in [5.74, 6) is 1.20. The van der Waals surface area contributed by atoms with Crippen molar-refractivity contribution in [2.24, 2.45) is 17.8 Å². The van der Waals surface area contributed by atoms with Gasteiger partial charge in [0.05, 0.1) is 18.1 Å². The molecule has 1 aliphatic carbocycles. The van der Waals surface area contributed by atoms with Gasteiger partial charge < -0.3 is 30.6 Å². The van der Waals surface area contributed by atoms with E-state index >= 15 is 0 Å². The third-order valence-electron chi connectivity index (χ3n) is 8.54. The highest BCUT2D eigenvalue weighted by molar-refractivity contribution is 5.91. The van der Waals surface area contributed by atoms with Gasteiger partial charge in [-0.3, -0.25) is 14.4 Å². The second-order valence-corrected chi connectivity index (χ2v) is 13.2. The Bertz CT molecular complexity index is 1050. The van der Waals surface area contributed by atoms with E-state index in [1.54, 1.807) is 11.9 Å². The zero-order valence-corrected chi connectivity index (χ0v) is 27.5. The van der Waals surface area contributed by atoms with Crippen molar-refractivity contribution < 1.29 is 24.6 Å². The van der Waals surface area contributed by atoms with Crippen molar-refractivity contribution in [2.75, 3.05) is 34.2 Å². The Morgan fingerprint density at radius 3 is 2.23 bits per heavy atom. The van der Waals surface area contributed by atoms with Crippen molar-refractivity contribution in [2.45, 2.75) is 102 Å². The van der Waals surface area contributed by atoms with Crippen LogP contribution in [-0.2, 0) is 20.8 Å². The van der Waals surface area contributed by atoms with Crippen LogP contribution in [-0.4, -0.2) is 96.3 Å². The molecule has 0 spiro atoms. The maximum absolute atomic E-state index is 13.7. The second-order valence-electron chi connectivity index (χ2n) is 13.2. The van der Waals surface area contributed by atoms with Gasteiger partial charge in [0.15, 0.2) is 0 Å². The summed E-state index contributed by atoms with van der Waals surface area (Å²) in [6.45, 7) is 5.17. The van der Waals surface area contributed by atoms with E-state index in [0.717, 1.165) is 31.2 Å². The van der Waals surface area contributed by atoms with E-state index in [9.17, 15) is 24.6 Å². The molecule has 9 nitrogen and oxygen atoms in total. The molecule has 0 heterocycles. The van der Waals surface area contributed by atoms with Crippen molar-refractivity contribution in [3.05, 3.63) is 35.9 Å². The Morgan fingerprint density at radius 1 is 0.977 bits per heavy atom. The molecule has 1 aromatic rings. The van der Waals surface area contributed by atoms with Crippen LogP contribution in [0.4, 0.5) is 0 Å². The number of nitrogens with zero attached hydrogens (tertiary/aromatic N) is 2. The molecule has 246 valence electrons. The molecule has 0 saturated heterocycles. The average Bonchev–Trinajstić information content (AvgIpc) is 2.99. The summed E-state index contributed by atoms with van der Waals surface area (Å²) >= 11 is 0. The Kier molecular flexibility index (Phi) is 16.5. The van der Waals surface area contributed by atoms with Gasteiger partial charge in [0.25, 0.3) is 0 Å². The monoisotopic (exact) mass is 612 g/mol. The number of nitrogens with one attached hydrogen (secondary N) is 2. The molecular formula is C35H56N4O5. The number of hydrogen-bond acceptors (Lipinski definition) is 6. The van der Waals surface area contributed by atoms with Crippen LogP contribution in [0.3, 0.4) is 0 Å². The largest absolute Gasteiger partial charge is 0.390 e. The van der Waals surface area contributed by atoms with Gasteiger partial charge in [-0.2, -0.15) is 0 Å². The van der Waals surface area contributed by atoms with E-state index in [1.807, 2.05) is 63.2 Å². The summed E-state index contributed by atoms with van der Waals surface area (Å²) in [7, 11) is 5.60. The van der Waals surface area contributed by atoms with Crippen LogP contribution in [0, 0.1) is 30.1 Å². The normalized spacial score (nSPS) is 17.3. The lowest BCUT2D eigenvalue weighted by molar-refractivity contribution is -0.137. The zero-order chi connectivity index (χ0) is 32.6. The Balaban J connectivity index is 2.21. The number of carbonyl (C=O) groups excluding carboxylic acids is 3. The molecule has 44 heavy (non-hydrogen) atoms. The molecule has 4 N–H and O–H groups in total. The third-order valence-corrected chi connectivity index (χ3v) is 8.54. The number of aliphatic hydroxyl groups excluding tert-OH is 2. The summed E-state index contributed by atoms with van der Waals surface area (Å²) in [5, 5.41) is 27.7. The minimum atomic E-state index is -1.15. The first-order valence-electron chi connectivity index (χ1n) is 16.2. The number of aliphatic hydroxyl groups is 2. The van der Waals surface area contributed by atoms with Crippen molar-refractivity contribution >= 4 is 17.7 Å². The Morgan fingerprint density at radius 2 is 1.64 bits per heavy atom. The molecule has 0 aromatic heterocycles. The average molecular weight is 613 g/mol. The fourth-order valence-electron chi connectivity index (χ4n) is 5.85. The van der Waals surface area contributed by atoms with Gasteiger partial charge in [-0.05, 0) is 50.8 Å². The molecule has 4 unspecified atom stereocenters. The minimum absolute atomic E-state index is 0.0144. The van der Waals surface area contributed by atoms with Crippen LogP contribution in [0.25, 0.3) is 0 Å². The first-order valence-corrected chi connectivity index (χ1v) is 16.2. The van der Waals surface area contributed by atoms with Crippen molar-refractivity contribution in [1.82, 2.24) is 20.4 Å². The molecule has 0 bridgehead atoms. The number of amides is 3. The summed E-state index contributed by atoms with van der Waals surface area (Å²) in [6, 6.07) is 7.75. The molecule has 1 aromatic carbocycles. The quantitative estimate of drug-likeness (QED) is 0.189. The van der Waals surface area contributed by atoms with Crippen molar-refractivity contribution in [3.8, 4) is 12.3 Å². The number of likely N-dealkylation sites (N-methyl/N-ethyl adjacent to an activating group) is 2. The molecule has 1 aliphatic rings. The number of carbonyl (C=O) groups is 3. The molecule has 1 fully saturated rings. The standard InChI is InChI=1S/C35H56N4O5/c1-7-14-29(35(44)37-30(23-27-17-12-9-13-18-27)33(42)31(40)21-25(2)3)36-34(43)28(22-26-15-10-8-11-16-26)24-32(41)39(6)20-19-38(4)5/h1,8,10-11,15-16,25,27-31,33,40,42H,9,12-14,17-24H2,2-6H3,(H,36,43)(H,37,44)/t28?,29?,30?,31?,33-/m1/s1. The Hall–Kier alpha value is -2.93. The highest BCUT2D eigenvalue weighted by atomic mass is 16.3. The Labute approximate surface area is 265 Å². The molecular weight excluding hydrogens is 556 g/mol. The molecule has 0 aliphatic heterocycles. The summed E-state index contributed by atoms with van der Waals surface area (Å²) < 4.78 is 0. The highest BCUT2D eigenvalue weighted by Crippen LogP contribution is 2.29. The maximum atomic E-state index is 13.7. The van der Waals surface area contributed by atoms with Gasteiger partial charge >= 0.3 is 0 Å². The number of hydrogen-bond donors (Lipinski definition) is 4. The lowest BCUT2D eigenvalue weighted by atomic mass is 9.82. The van der Waals surface area contributed by atoms with Gasteiger partial charge in [0, 0.05) is 33.0 Å². The molecule has 3 amide bonds. The summed E-state index contributed by atoms with van der Waals surface area (Å²) in [5.41, 5.74) is 0.907. The van der Waals surface area contributed by atoms with Crippen molar-refractivity contribution in [3.63, 3.8) is 0 Å². The van der Waals surface area contributed by atoms with E-state index in [2.05, 4.69) is 16.6 Å². The SMILES string of the molecule is C#CCC(NC(=O)C(CC(=O)N(C)CCN(C)C)Cc1ccccc1)C(=O)NC(CC1CCCCC1)[C@@H](O)C(O)CC(C)C. The van der Waals surface area contributed by atoms with E-state index < -0.39 is 42.0 Å². The summed E-state index contributed by atoms with van der Waals surface area (Å²) in [4.78, 5) is 44.1. The first-order chi connectivity index (χ1) is 20.9. The molecule has 5 atom stereocenters. The minimum Gasteiger partial charge on any atom is -0.390 e. The summed E-state index contributed by atoms with van der Waals surface area (Å²) in [6.07, 6.45) is 10.1. The molecule has 1 saturated carbocycles. The van der Waals surface area contributed by atoms with Gasteiger partial charge in [0.1, 0.15) is 12.1 Å². The van der Waals surface area contributed by atoms with Crippen LogP contribution in [0.5, 0.6) is 0 Å². The van der Waals surface area contributed by atoms with Gasteiger partial charge in [-0.25, -0.2) is 0 Å². The molecule has 2 rings (SSSR count).